The molecular weight excluding hydrogens is 184 g/mol. The molecule has 2 unspecified atom stereocenters. The first-order valence-electron chi connectivity index (χ1n) is 6.72. The standard InChI is InChI=1S/C13H28N2/c1-3-4-5-8-13(10-14)15-9-6-7-12(2)11-15/h12-13H,3-11,14H2,1-2H3. The molecule has 0 aromatic carbocycles. The van der Waals surface area contributed by atoms with E-state index in [9.17, 15) is 0 Å². The largest absolute Gasteiger partial charge is 0.329 e. The van der Waals surface area contributed by atoms with Crippen LogP contribution in [0.3, 0.4) is 0 Å². The maximum atomic E-state index is 5.89. The molecule has 2 N–H and O–H groups in total. The Morgan fingerprint density at radius 1 is 1.40 bits per heavy atom. The van der Waals surface area contributed by atoms with Crippen molar-refractivity contribution in [3.63, 3.8) is 0 Å². The highest BCUT2D eigenvalue weighted by Gasteiger charge is 2.22. The zero-order valence-electron chi connectivity index (χ0n) is 10.5. The van der Waals surface area contributed by atoms with Crippen molar-refractivity contribution >= 4 is 0 Å². The van der Waals surface area contributed by atoms with E-state index in [2.05, 4.69) is 18.7 Å². The van der Waals surface area contributed by atoms with Gasteiger partial charge in [0.1, 0.15) is 0 Å². The van der Waals surface area contributed by atoms with E-state index in [1.807, 2.05) is 0 Å². The third kappa shape index (κ3) is 4.52. The number of hydrogen-bond acceptors (Lipinski definition) is 2. The van der Waals surface area contributed by atoms with Crippen molar-refractivity contribution < 1.29 is 0 Å². The van der Waals surface area contributed by atoms with Crippen molar-refractivity contribution in [2.75, 3.05) is 19.6 Å². The van der Waals surface area contributed by atoms with Crippen LogP contribution in [0.4, 0.5) is 0 Å². The van der Waals surface area contributed by atoms with Crippen molar-refractivity contribution in [2.24, 2.45) is 11.7 Å². The smallest absolute Gasteiger partial charge is 0.0218 e. The summed E-state index contributed by atoms with van der Waals surface area (Å²) in [7, 11) is 0. The second-order valence-corrected chi connectivity index (χ2v) is 5.13. The summed E-state index contributed by atoms with van der Waals surface area (Å²) in [6, 6.07) is 0.652. The predicted octanol–water partition coefficient (Wildman–Crippen LogP) is 2.63. The van der Waals surface area contributed by atoms with Gasteiger partial charge >= 0.3 is 0 Å². The summed E-state index contributed by atoms with van der Waals surface area (Å²) in [5.41, 5.74) is 5.89. The van der Waals surface area contributed by atoms with Crippen LogP contribution in [0.1, 0.15) is 52.4 Å². The minimum atomic E-state index is 0.652. The molecule has 0 spiro atoms. The molecule has 1 heterocycles. The molecule has 0 aliphatic carbocycles. The molecule has 1 saturated heterocycles. The zero-order valence-corrected chi connectivity index (χ0v) is 10.5. The quantitative estimate of drug-likeness (QED) is 0.686. The number of nitrogens with two attached hydrogens (primary N) is 1. The molecule has 0 bridgehead atoms. The summed E-state index contributed by atoms with van der Waals surface area (Å²) in [6.45, 7) is 8.02. The van der Waals surface area contributed by atoms with Crippen LogP contribution >= 0.6 is 0 Å². The normalized spacial score (nSPS) is 25.4. The fourth-order valence-electron chi connectivity index (χ4n) is 2.64. The molecule has 0 aromatic heterocycles. The molecule has 0 amide bonds. The Morgan fingerprint density at radius 2 is 2.20 bits per heavy atom. The number of likely N-dealkylation sites (tertiary alicyclic amines) is 1. The van der Waals surface area contributed by atoms with E-state index in [0.717, 1.165) is 12.5 Å². The van der Waals surface area contributed by atoms with Crippen LogP contribution in [0.2, 0.25) is 0 Å². The molecule has 1 aliphatic rings. The van der Waals surface area contributed by atoms with Crippen molar-refractivity contribution in [3.05, 3.63) is 0 Å². The number of piperidine rings is 1. The summed E-state index contributed by atoms with van der Waals surface area (Å²) in [5, 5.41) is 0. The van der Waals surface area contributed by atoms with E-state index in [0.29, 0.717) is 6.04 Å². The van der Waals surface area contributed by atoms with Crippen molar-refractivity contribution in [3.8, 4) is 0 Å². The minimum Gasteiger partial charge on any atom is -0.329 e. The van der Waals surface area contributed by atoms with Gasteiger partial charge in [0.05, 0.1) is 0 Å². The Kier molecular flexibility index (Phi) is 6.26. The Labute approximate surface area is 95.2 Å². The lowest BCUT2D eigenvalue weighted by molar-refractivity contribution is 0.125. The molecular formula is C13H28N2. The lowest BCUT2D eigenvalue weighted by atomic mass is 9.97. The van der Waals surface area contributed by atoms with Gasteiger partial charge in [0.15, 0.2) is 0 Å². The first-order chi connectivity index (χ1) is 7.27. The fourth-order valence-corrected chi connectivity index (χ4v) is 2.64. The molecule has 1 rings (SSSR count). The van der Waals surface area contributed by atoms with Crippen LogP contribution in [-0.2, 0) is 0 Å². The van der Waals surface area contributed by atoms with Crippen LogP contribution < -0.4 is 5.73 Å². The molecule has 1 aliphatic heterocycles. The third-order valence-electron chi connectivity index (χ3n) is 3.62. The number of hydrogen-bond donors (Lipinski definition) is 1. The van der Waals surface area contributed by atoms with Gasteiger partial charge in [-0.2, -0.15) is 0 Å². The molecule has 2 nitrogen and oxygen atoms in total. The lowest BCUT2D eigenvalue weighted by Gasteiger charge is -2.36. The Balaban J connectivity index is 2.29. The van der Waals surface area contributed by atoms with E-state index in [-0.39, 0.29) is 0 Å². The highest BCUT2D eigenvalue weighted by Crippen LogP contribution is 2.19. The average Bonchev–Trinajstić information content (AvgIpc) is 2.24. The number of rotatable bonds is 6. The highest BCUT2D eigenvalue weighted by molar-refractivity contribution is 4.78. The molecule has 90 valence electrons. The second kappa shape index (κ2) is 7.24. The SMILES string of the molecule is CCCCCC(CN)N1CCCC(C)C1. The van der Waals surface area contributed by atoms with Gasteiger partial charge in [-0.25, -0.2) is 0 Å². The Bertz CT molecular complexity index is 159. The zero-order chi connectivity index (χ0) is 11.1. The number of unbranched alkanes of at least 4 members (excludes halogenated alkanes) is 2. The van der Waals surface area contributed by atoms with E-state index >= 15 is 0 Å². The molecule has 0 aromatic rings. The Morgan fingerprint density at radius 3 is 2.80 bits per heavy atom. The summed E-state index contributed by atoms with van der Waals surface area (Å²) >= 11 is 0. The first kappa shape index (κ1) is 13.0. The molecule has 2 heteroatoms. The van der Waals surface area contributed by atoms with Crippen LogP contribution in [0.15, 0.2) is 0 Å². The van der Waals surface area contributed by atoms with Gasteiger partial charge in [0, 0.05) is 19.1 Å². The highest BCUT2D eigenvalue weighted by atomic mass is 15.2. The maximum absolute atomic E-state index is 5.89. The second-order valence-electron chi connectivity index (χ2n) is 5.13. The van der Waals surface area contributed by atoms with Crippen LogP contribution in [0.5, 0.6) is 0 Å². The van der Waals surface area contributed by atoms with Crippen molar-refractivity contribution in [1.29, 1.82) is 0 Å². The van der Waals surface area contributed by atoms with Gasteiger partial charge in [-0.05, 0) is 31.7 Å². The van der Waals surface area contributed by atoms with Gasteiger partial charge in [-0.1, -0.05) is 33.1 Å². The van der Waals surface area contributed by atoms with Crippen LogP contribution in [-0.4, -0.2) is 30.6 Å². The van der Waals surface area contributed by atoms with Gasteiger partial charge in [-0.15, -0.1) is 0 Å². The predicted molar refractivity (Wildman–Crippen MR) is 67.0 cm³/mol. The van der Waals surface area contributed by atoms with Gasteiger partial charge in [0.25, 0.3) is 0 Å². The molecule has 15 heavy (non-hydrogen) atoms. The van der Waals surface area contributed by atoms with Crippen molar-refractivity contribution in [2.45, 2.75) is 58.4 Å². The molecule has 0 saturated carbocycles. The molecule has 0 radical (unpaired) electrons. The lowest BCUT2D eigenvalue weighted by Crippen LogP contribution is -2.45. The van der Waals surface area contributed by atoms with E-state index in [1.54, 1.807) is 0 Å². The maximum Gasteiger partial charge on any atom is 0.0218 e. The van der Waals surface area contributed by atoms with Crippen molar-refractivity contribution in [1.82, 2.24) is 4.90 Å². The van der Waals surface area contributed by atoms with Crippen LogP contribution in [0, 0.1) is 5.92 Å². The van der Waals surface area contributed by atoms with Gasteiger partial charge < -0.3 is 5.73 Å². The number of nitrogens with zero attached hydrogens (tertiary/aromatic N) is 1. The summed E-state index contributed by atoms with van der Waals surface area (Å²) in [6.07, 6.45) is 8.10. The first-order valence-corrected chi connectivity index (χ1v) is 6.72. The topological polar surface area (TPSA) is 29.3 Å². The van der Waals surface area contributed by atoms with Gasteiger partial charge in [-0.3, -0.25) is 4.90 Å². The van der Waals surface area contributed by atoms with E-state index in [1.165, 1.54) is 51.6 Å². The third-order valence-corrected chi connectivity index (χ3v) is 3.62. The van der Waals surface area contributed by atoms with E-state index < -0.39 is 0 Å². The Hall–Kier alpha value is -0.0800. The summed E-state index contributed by atoms with van der Waals surface area (Å²) in [4.78, 5) is 2.63. The summed E-state index contributed by atoms with van der Waals surface area (Å²) < 4.78 is 0. The average molecular weight is 212 g/mol. The molecule has 2 atom stereocenters. The van der Waals surface area contributed by atoms with Gasteiger partial charge in [0.2, 0.25) is 0 Å². The monoisotopic (exact) mass is 212 g/mol. The van der Waals surface area contributed by atoms with Crippen LogP contribution in [0.25, 0.3) is 0 Å². The minimum absolute atomic E-state index is 0.652. The molecule has 1 fully saturated rings. The van der Waals surface area contributed by atoms with E-state index in [4.69, 9.17) is 5.73 Å². The summed E-state index contributed by atoms with van der Waals surface area (Å²) in [5.74, 6) is 0.874. The fraction of sp³-hybridized carbons (Fsp3) is 1.00.